The third-order valence-corrected chi connectivity index (χ3v) is 4.38. The van der Waals surface area contributed by atoms with Crippen molar-refractivity contribution >= 4 is 28.6 Å². The van der Waals surface area contributed by atoms with Crippen LogP contribution in [0.1, 0.15) is 12.8 Å². The monoisotopic (exact) mass is 245 g/mol. The zero-order valence-corrected chi connectivity index (χ0v) is 10.4. The normalized spacial score (nSPS) is 19.6. The van der Waals surface area contributed by atoms with Gasteiger partial charge in [-0.1, -0.05) is 12.1 Å². The number of rotatable bonds is 3. The van der Waals surface area contributed by atoms with Gasteiger partial charge < -0.3 is 5.32 Å². The summed E-state index contributed by atoms with van der Waals surface area (Å²) < 4.78 is 0. The van der Waals surface area contributed by atoms with E-state index in [1.54, 1.807) is 0 Å². The van der Waals surface area contributed by atoms with Crippen molar-refractivity contribution in [1.82, 2.24) is 9.97 Å². The van der Waals surface area contributed by atoms with Crippen LogP contribution in [0.3, 0.4) is 0 Å². The average Bonchev–Trinajstić information content (AvgIpc) is 2.89. The van der Waals surface area contributed by atoms with Gasteiger partial charge in [0.05, 0.1) is 17.2 Å². The average molecular weight is 245 g/mol. The predicted molar refractivity (Wildman–Crippen MR) is 73.5 cm³/mol. The molecular weight excluding hydrogens is 230 g/mol. The minimum atomic E-state index is 0.739. The van der Waals surface area contributed by atoms with Crippen LogP contribution in [0.15, 0.2) is 30.5 Å². The molecule has 1 aromatic carbocycles. The number of aromatic nitrogens is 2. The number of nitrogens with zero attached hydrogens (tertiary/aromatic N) is 2. The number of anilines is 1. The van der Waals surface area contributed by atoms with Crippen molar-refractivity contribution in [2.75, 3.05) is 17.6 Å². The molecule has 0 bridgehead atoms. The highest BCUT2D eigenvalue weighted by atomic mass is 32.2. The lowest BCUT2D eigenvalue weighted by Gasteiger charge is -2.10. The highest BCUT2D eigenvalue weighted by molar-refractivity contribution is 8.00. The second-order valence-electron chi connectivity index (χ2n) is 4.26. The van der Waals surface area contributed by atoms with Gasteiger partial charge >= 0.3 is 0 Å². The van der Waals surface area contributed by atoms with E-state index in [1.807, 2.05) is 30.5 Å². The fraction of sp³-hybridized carbons (Fsp3) is 0.385. The number of para-hydroxylation sites is 2. The van der Waals surface area contributed by atoms with Gasteiger partial charge in [0.2, 0.25) is 0 Å². The van der Waals surface area contributed by atoms with E-state index >= 15 is 0 Å². The van der Waals surface area contributed by atoms with Gasteiger partial charge in [-0.25, -0.2) is 4.98 Å². The van der Waals surface area contributed by atoms with Gasteiger partial charge in [-0.3, -0.25) is 4.98 Å². The molecule has 0 aliphatic carbocycles. The third-order valence-electron chi connectivity index (χ3n) is 2.98. The summed E-state index contributed by atoms with van der Waals surface area (Å²) >= 11 is 2.05. The second kappa shape index (κ2) is 4.92. The van der Waals surface area contributed by atoms with E-state index in [9.17, 15) is 0 Å². The van der Waals surface area contributed by atoms with Crippen molar-refractivity contribution in [3.63, 3.8) is 0 Å². The van der Waals surface area contributed by atoms with Gasteiger partial charge in [-0.2, -0.15) is 11.8 Å². The number of hydrogen-bond acceptors (Lipinski definition) is 4. The van der Waals surface area contributed by atoms with Crippen LogP contribution in [-0.4, -0.2) is 27.5 Å². The molecule has 1 aliphatic rings. The largest absolute Gasteiger partial charge is 0.368 e. The minimum Gasteiger partial charge on any atom is -0.368 e. The van der Waals surface area contributed by atoms with Crippen LogP contribution < -0.4 is 5.32 Å². The summed E-state index contributed by atoms with van der Waals surface area (Å²) in [4.78, 5) is 8.95. The fourth-order valence-electron chi connectivity index (χ4n) is 2.07. The van der Waals surface area contributed by atoms with Crippen molar-refractivity contribution in [2.24, 2.45) is 0 Å². The Hall–Kier alpha value is -1.29. The molecule has 0 amide bonds. The molecule has 0 spiro atoms. The maximum Gasteiger partial charge on any atom is 0.145 e. The van der Waals surface area contributed by atoms with E-state index in [1.165, 1.54) is 18.6 Å². The quantitative estimate of drug-likeness (QED) is 0.902. The molecule has 2 heterocycles. The van der Waals surface area contributed by atoms with Crippen LogP contribution >= 0.6 is 11.8 Å². The van der Waals surface area contributed by atoms with E-state index in [-0.39, 0.29) is 0 Å². The number of hydrogen-bond donors (Lipinski definition) is 1. The van der Waals surface area contributed by atoms with Crippen molar-refractivity contribution < 1.29 is 0 Å². The molecule has 0 radical (unpaired) electrons. The van der Waals surface area contributed by atoms with Gasteiger partial charge in [0.25, 0.3) is 0 Å². The van der Waals surface area contributed by atoms with Crippen molar-refractivity contribution in [1.29, 1.82) is 0 Å². The minimum absolute atomic E-state index is 0.739. The lowest BCUT2D eigenvalue weighted by molar-refractivity contribution is 0.803. The summed E-state index contributed by atoms with van der Waals surface area (Å²) in [5, 5.41) is 4.12. The van der Waals surface area contributed by atoms with E-state index in [0.717, 1.165) is 28.6 Å². The Bertz CT molecular complexity index is 509. The molecule has 1 saturated heterocycles. The Labute approximate surface area is 105 Å². The lowest BCUT2D eigenvalue weighted by Crippen LogP contribution is -2.14. The number of fused-ring (bicyclic) bond motifs is 1. The summed E-state index contributed by atoms with van der Waals surface area (Å²) in [6, 6.07) is 7.96. The molecular formula is C13H15N3S. The maximum atomic E-state index is 4.55. The van der Waals surface area contributed by atoms with Gasteiger partial charge in [-0.15, -0.1) is 0 Å². The predicted octanol–water partition coefficient (Wildman–Crippen LogP) is 2.94. The van der Waals surface area contributed by atoms with Crippen LogP contribution in [0.25, 0.3) is 11.0 Å². The molecule has 1 aromatic heterocycles. The van der Waals surface area contributed by atoms with Gasteiger partial charge in [0.15, 0.2) is 0 Å². The number of thioether (sulfide) groups is 1. The molecule has 1 aliphatic heterocycles. The molecule has 1 fully saturated rings. The van der Waals surface area contributed by atoms with Crippen molar-refractivity contribution in [3.8, 4) is 0 Å². The van der Waals surface area contributed by atoms with E-state index in [2.05, 4.69) is 27.0 Å². The van der Waals surface area contributed by atoms with E-state index < -0.39 is 0 Å². The number of benzene rings is 1. The molecule has 1 N–H and O–H groups in total. The summed E-state index contributed by atoms with van der Waals surface area (Å²) in [5.41, 5.74) is 1.91. The van der Waals surface area contributed by atoms with Gasteiger partial charge in [0, 0.05) is 11.8 Å². The fourth-order valence-corrected chi connectivity index (χ4v) is 3.27. The first-order chi connectivity index (χ1) is 8.42. The topological polar surface area (TPSA) is 37.8 Å². The molecule has 3 nitrogen and oxygen atoms in total. The first kappa shape index (κ1) is 10.8. The van der Waals surface area contributed by atoms with E-state index in [4.69, 9.17) is 0 Å². The summed E-state index contributed by atoms with van der Waals surface area (Å²) in [6.45, 7) is 0.998. The lowest BCUT2D eigenvalue weighted by atomic mass is 10.2. The smallest absolute Gasteiger partial charge is 0.145 e. The molecule has 88 valence electrons. The molecule has 4 heteroatoms. The Balaban J connectivity index is 1.72. The van der Waals surface area contributed by atoms with Gasteiger partial charge in [0.1, 0.15) is 5.82 Å². The van der Waals surface area contributed by atoms with Crippen LogP contribution in [0.2, 0.25) is 0 Å². The molecule has 2 aromatic rings. The molecule has 3 rings (SSSR count). The highest BCUT2D eigenvalue weighted by Gasteiger charge is 2.15. The second-order valence-corrected chi connectivity index (χ2v) is 5.67. The highest BCUT2D eigenvalue weighted by Crippen LogP contribution is 2.26. The molecule has 1 unspecified atom stereocenters. The zero-order valence-electron chi connectivity index (χ0n) is 9.60. The Morgan fingerprint density at radius 3 is 3.00 bits per heavy atom. The Morgan fingerprint density at radius 2 is 2.18 bits per heavy atom. The standard InChI is InChI=1S/C13H15N3S/c1-2-6-12-11(5-1)14-9-13(16-12)15-8-10-4-3-7-17-10/h1-2,5-6,9-10H,3-4,7-8H2,(H,15,16). The third kappa shape index (κ3) is 2.52. The molecule has 1 atom stereocenters. The number of nitrogens with one attached hydrogen (secondary N) is 1. The molecule has 17 heavy (non-hydrogen) atoms. The SMILES string of the molecule is c1ccc2nc(NCC3CCCS3)cnc2c1. The van der Waals surface area contributed by atoms with Crippen LogP contribution in [0.5, 0.6) is 0 Å². The van der Waals surface area contributed by atoms with Crippen molar-refractivity contribution in [2.45, 2.75) is 18.1 Å². The Kier molecular flexibility index (Phi) is 3.14. The Morgan fingerprint density at radius 1 is 1.29 bits per heavy atom. The van der Waals surface area contributed by atoms with Gasteiger partial charge in [-0.05, 0) is 30.7 Å². The van der Waals surface area contributed by atoms with Crippen molar-refractivity contribution in [3.05, 3.63) is 30.5 Å². The molecule has 0 saturated carbocycles. The van der Waals surface area contributed by atoms with E-state index in [0.29, 0.717) is 0 Å². The first-order valence-electron chi connectivity index (χ1n) is 5.99. The van der Waals surface area contributed by atoms with Crippen LogP contribution in [-0.2, 0) is 0 Å². The van der Waals surface area contributed by atoms with Crippen LogP contribution in [0.4, 0.5) is 5.82 Å². The van der Waals surface area contributed by atoms with Crippen LogP contribution in [0, 0.1) is 0 Å². The zero-order chi connectivity index (χ0) is 11.5. The first-order valence-corrected chi connectivity index (χ1v) is 7.04. The maximum absolute atomic E-state index is 4.55. The summed E-state index contributed by atoms with van der Waals surface area (Å²) in [7, 11) is 0. The summed E-state index contributed by atoms with van der Waals surface area (Å²) in [6.07, 6.45) is 4.49. The summed E-state index contributed by atoms with van der Waals surface area (Å²) in [5.74, 6) is 2.19.